The van der Waals surface area contributed by atoms with Crippen LogP contribution >= 0.6 is 0 Å². The molecule has 4 heteroatoms. The number of hydrogen-bond donors (Lipinski definition) is 2. The van der Waals surface area contributed by atoms with Gasteiger partial charge in [0.05, 0.1) is 0 Å². The van der Waals surface area contributed by atoms with E-state index in [9.17, 15) is 9.50 Å². The smallest absolute Gasteiger partial charge is 0.126 e. The second-order valence-corrected chi connectivity index (χ2v) is 4.96. The Labute approximate surface area is 117 Å². The van der Waals surface area contributed by atoms with Crippen molar-refractivity contribution in [2.75, 3.05) is 7.05 Å². The summed E-state index contributed by atoms with van der Waals surface area (Å²) >= 11 is 0. The number of halogens is 1. The highest BCUT2D eigenvalue weighted by molar-refractivity contribution is 5.40. The van der Waals surface area contributed by atoms with Crippen LogP contribution < -0.4 is 10.1 Å². The maximum Gasteiger partial charge on any atom is 0.126 e. The van der Waals surface area contributed by atoms with Gasteiger partial charge in [0.1, 0.15) is 23.4 Å². The largest absolute Gasteiger partial charge is 0.508 e. The molecule has 0 spiro atoms. The number of benzene rings is 2. The van der Waals surface area contributed by atoms with Gasteiger partial charge in [-0.1, -0.05) is 12.1 Å². The van der Waals surface area contributed by atoms with Crippen LogP contribution in [-0.2, 0) is 0 Å². The molecule has 0 fully saturated rings. The fraction of sp³-hybridized carbons (Fsp3) is 0.250. The van der Waals surface area contributed by atoms with Gasteiger partial charge in [-0.3, -0.25) is 0 Å². The van der Waals surface area contributed by atoms with Gasteiger partial charge in [0.25, 0.3) is 0 Å². The van der Waals surface area contributed by atoms with E-state index in [0.717, 1.165) is 11.1 Å². The SMILES string of the molecule is CNC1CC(c2cccc(O)c2)Oc2ccc(F)cc21. The molecule has 0 aliphatic carbocycles. The predicted octanol–water partition coefficient (Wildman–Crippen LogP) is 3.32. The van der Waals surface area contributed by atoms with Crippen molar-refractivity contribution in [3.05, 3.63) is 59.4 Å². The summed E-state index contributed by atoms with van der Waals surface area (Å²) in [4.78, 5) is 0. The van der Waals surface area contributed by atoms with Gasteiger partial charge >= 0.3 is 0 Å². The maximum atomic E-state index is 13.4. The highest BCUT2D eigenvalue weighted by Crippen LogP contribution is 2.41. The van der Waals surface area contributed by atoms with Crippen LogP contribution in [0.5, 0.6) is 11.5 Å². The highest BCUT2D eigenvalue weighted by atomic mass is 19.1. The molecule has 2 aromatic rings. The first-order valence-corrected chi connectivity index (χ1v) is 6.59. The van der Waals surface area contributed by atoms with Crippen molar-refractivity contribution < 1.29 is 14.2 Å². The van der Waals surface area contributed by atoms with E-state index in [0.29, 0.717) is 12.2 Å². The average Bonchev–Trinajstić information content (AvgIpc) is 2.46. The quantitative estimate of drug-likeness (QED) is 0.882. The van der Waals surface area contributed by atoms with Crippen molar-refractivity contribution in [2.24, 2.45) is 0 Å². The van der Waals surface area contributed by atoms with E-state index in [4.69, 9.17) is 4.74 Å². The topological polar surface area (TPSA) is 41.5 Å². The van der Waals surface area contributed by atoms with E-state index in [2.05, 4.69) is 5.32 Å². The number of ether oxygens (including phenoxy) is 1. The zero-order valence-electron chi connectivity index (χ0n) is 11.1. The van der Waals surface area contributed by atoms with Crippen LogP contribution in [0.15, 0.2) is 42.5 Å². The van der Waals surface area contributed by atoms with Crippen LogP contribution in [0.1, 0.15) is 29.7 Å². The van der Waals surface area contributed by atoms with Crippen molar-refractivity contribution in [3.8, 4) is 11.5 Å². The van der Waals surface area contributed by atoms with Crippen molar-refractivity contribution in [2.45, 2.75) is 18.6 Å². The maximum absolute atomic E-state index is 13.4. The molecule has 3 nitrogen and oxygen atoms in total. The Kier molecular flexibility index (Phi) is 3.32. The number of aromatic hydroxyl groups is 1. The van der Waals surface area contributed by atoms with Gasteiger partial charge in [0.2, 0.25) is 0 Å². The Morgan fingerprint density at radius 2 is 2.10 bits per heavy atom. The Bertz CT molecular complexity index is 630. The van der Waals surface area contributed by atoms with Gasteiger partial charge in [0.15, 0.2) is 0 Å². The van der Waals surface area contributed by atoms with Crippen LogP contribution in [0.25, 0.3) is 0 Å². The molecule has 2 unspecified atom stereocenters. The van der Waals surface area contributed by atoms with Gasteiger partial charge in [0, 0.05) is 18.0 Å². The molecule has 2 atom stereocenters. The lowest BCUT2D eigenvalue weighted by Gasteiger charge is -2.32. The van der Waals surface area contributed by atoms with Gasteiger partial charge < -0.3 is 15.2 Å². The van der Waals surface area contributed by atoms with Crippen LogP contribution in [0.4, 0.5) is 4.39 Å². The van der Waals surface area contributed by atoms with Gasteiger partial charge in [-0.05, 0) is 42.9 Å². The van der Waals surface area contributed by atoms with Gasteiger partial charge in [-0.2, -0.15) is 0 Å². The first kappa shape index (κ1) is 12.9. The third kappa shape index (κ3) is 2.34. The van der Waals surface area contributed by atoms with Crippen molar-refractivity contribution in [1.29, 1.82) is 0 Å². The summed E-state index contributed by atoms with van der Waals surface area (Å²) in [5.41, 5.74) is 1.75. The second-order valence-electron chi connectivity index (χ2n) is 4.96. The van der Waals surface area contributed by atoms with Crippen molar-refractivity contribution >= 4 is 0 Å². The summed E-state index contributed by atoms with van der Waals surface area (Å²) in [6.07, 6.45) is 0.536. The number of nitrogens with one attached hydrogen (secondary N) is 1. The zero-order chi connectivity index (χ0) is 14.1. The summed E-state index contributed by atoms with van der Waals surface area (Å²) in [7, 11) is 1.85. The fourth-order valence-corrected chi connectivity index (χ4v) is 2.64. The minimum absolute atomic E-state index is 0.0294. The molecule has 104 valence electrons. The number of fused-ring (bicyclic) bond motifs is 1. The Morgan fingerprint density at radius 3 is 2.85 bits per heavy atom. The van der Waals surface area contributed by atoms with Crippen molar-refractivity contribution in [3.63, 3.8) is 0 Å². The number of rotatable bonds is 2. The normalized spacial score (nSPS) is 21.1. The van der Waals surface area contributed by atoms with E-state index in [1.165, 1.54) is 12.1 Å². The zero-order valence-corrected chi connectivity index (χ0v) is 11.1. The summed E-state index contributed by atoms with van der Waals surface area (Å²) in [6, 6.07) is 11.6. The lowest BCUT2D eigenvalue weighted by molar-refractivity contribution is 0.153. The molecule has 0 saturated carbocycles. The monoisotopic (exact) mass is 273 g/mol. The first-order valence-electron chi connectivity index (χ1n) is 6.59. The minimum atomic E-state index is -0.261. The Hall–Kier alpha value is -2.07. The molecule has 2 N–H and O–H groups in total. The second kappa shape index (κ2) is 5.13. The summed E-state index contributed by atoms with van der Waals surface area (Å²) < 4.78 is 19.3. The summed E-state index contributed by atoms with van der Waals surface area (Å²) in [6.45, 7) is 0. The third-order valence-electron chi connectivity index (χ3n) is 3.66. The molecule has 1 aliphatic heterocycles. The Balaban J connectivity index is 1.96. The number of hydrogen-bond acceptors (Lipinski definition) is 3. The molecule has 1 aliphatic rings. The molecule has 0 bridgehead atoms. The first-order chi connectivity index (χ1) is 9.67. The van der Waals surface area contributed by atoms with Crippen molar-refractivity contribution in [1.82, 2.24) is 5.32 Å². The van der Waals surface area contributed by atoms with E-state index < -0.39 is 0 Å². The molecule has 0 radical (unpaired) electrons. The highest BCUT2D eigenvalue weighted by Gasteiger charge is 2.28. The third-order valence-corrected chi connectivity index (χ3v) is 3.66. The standard InChI is InChI=1S/C16H16FNO2/c1-18-14-9-16(10-3-2-4-12(19)7-10)20-15-6-5-11(17)8-13(14)15/h2-8,14,16,18-19H,9H2,1H3. The summed E-state index contributed by atoms with van der Waals surface area (Å²) in [5.74, 6) is 0.644. The molecule has 3 rings (SSSR count). The lowest BCUT2D eigenvalue weighted by Crippen LogP contribution is -2.26. The Morgan fingerprint density at radius 1 is 1.25 bits per heavy atom. The van der Waals surface area contributed by atoms with Crippen LogP contribution in [0.3, 0.4) is 0 Å². The molecule has 0 saturated heterocycles. The minimum Gasteiger partial charge on any atom is -0.508 e. The molecule has 2 aromatic carbocycles. The van der Waals surface area contributed by atoms with Crippen LogP contribution in [-0.4, -0.2) is 12.2 Å². The lowest BCUT2D eigenvalue weighted by atomic mass is 9.93. The molecule has 1 heterocycles. The molecular weight excluding hydrogens is 257 g/mol. The molecule has 0 amide bonds. The van der Waals surface area contributed by atoms with Crippen LogP contribution in [0, 0.1) is 5.82 Å². The predicted molar refractivity (Wildman–Crippen MR) is 74.3 cm³/mol. The molecule has 0 aromatic heterocycles. The van der Waals surface area contributed by atoms with Gasteiger partial charge in [-0.15, -0.1) is 0 Å². The molecular formula is C16H16FNO2. The van der Waals surface area contributed by atoms with Gasteiger partial charge in [-0.25, -0.2) is 4.39 Å². The number of phenolic OH excluding ortho intramolecular Hbond substituents is 1. The fourth-order valence-electron chi connectivity index (χ4n) is 2.64. The molecule has 20 heavy (non-hydrogen) atoms. The number of phenols is 1. The van der Waals surface area contributed by atoms with E-state index in [1.807, 2.05) is 13.1 Å². The average molecular weight is 273 g/mol. The van der Waals surface area contributed by atoms with Crippen LogP contribution in [0.2, 0.25) is 0 Å². The van der Waals surface area contributed by atoms with E-state index >= 15 is 0 Å². The van der Waals surface area contributed by atoms with E-state index in [1.54, 1.807) is 24.3 Å². The van der Waals surface area contributed by atoms with E-state index in [-0.39, 0.29) is 23.7 Å². The summed E-state index contributed by atoms with van der Waals surface area (Å²) in [5, 5.41) is 12.8.